The molecule has 124 valence electrons. The number of aromatic nitrogens is 1. The van der Waals surface area contributed by atoms with Crippen LogP contribution in [-0.4, -0.2) is 40.9 Å². The van der Waals surface area contributed by atoms with Crippen molar-refractivity contribution in [2.45, 2.75) is 26.1 Å². The maximum atomic E-state index is 12.2. The number of hydrogen-bond donors (Lipinski definition) is 0. The van der Waals surface area contributed by atoms with Crippen LogP contribution in [0, 0.1) is 18.3 Å². The number of pyridine rings is 1. The van der Waals surface area contributed by atoms with Gasteiger partial charge in [0.2, 0.25) is 5.88 Å². The molecule has 1 aromatic heterocycles. The van der Waals surface area contributed by atoms with E-state index in [1.54, 1.807) is 13.0 Å². The monoisotopic (exact) mass is 326 g/mol. The van der Waals surface area contributed by atoms with Gasteiger partial charge < -0.3 is 9.75 Å². The average Bonchev–Trinajstić information content (AvgIpc) is 2.90. The zero-order valence-electron chi connectivity index (χ0n) is 12.7. The molecule has 0 saturated heterocycles. The SMILES string of the molecule is Cc1cc(CN2CC=CN2CCC#N)cnc1OCC(F)(F)F. The summed E-state index contributed by atoms with van der Waals surface area (Å²) in [5.74, 6) is -0.00745. The number of aryl methyl sites for hydroxylation is 1. The molecule has 2 heterocycles. The highest BCUT2D eigenvalue weighted by molar-refractivity contribution is 5.28. The van der Waals surface area contributed by atoms with Gasteiger partial charge >= 0.3 is 6.18 Å². The van der Waals surface area contributed by atoms with Crippen LogP contribution in [0.25, 0.3) is 0 Å². The fourth-order valence-corrected chi connectivity index (χ4v) is 2.24. The molecule has 8 heteroatoms. The van der Waals surface area contributed by atoms with Crippen LogP contribution in [-0.2, 0) is 6.54 Å². The summed E-state index contributed by atoms with van der Waals surface area (Å²) < 4.78 is 41.2. The summed E-state index contributed by atoms with van der Waals surface area (Å²) in [6, 6.07) is 3.86. The standard InChI is InChI=1S/C15H17F3N4O/c1-12-8-13(9-20-14(12)23-11-15(16,17)18)10-22-7-3-6-21(22)5-2-4-19/h3,6,8-9H,2,5,7,10-11H2,1H3. The number of ether oxygens (including phenoxy) is 1. The molecule has 0 unspecified atom stereocenters. The van der Waals surface area contributed by atoms with Crippen LogP contribution in [0.5, 0.6) is 5.88 Å². The lowest BCUT2D eigenvalue weighted by Gasteiger charge is -2.28. The Hall–Kier alpha value is -2.27. The molecule has 1 aliphatic rings. The van der Waals surface area contributed by atoms with Crippen molar-refractivity contribution in [2.75, 3.05) is 19.7 Å². The van der Waals surface area contributed by atoms with Crippen molar-refractivity contribution >= 4 is 0 Å². The Kier molecular flexibility index (Phi) is 5.45. The van der Waals surface area contributed by atoms with E-state index in [0.29, 0.717) is 25.1 Å². The zero-order valence-corrected chi connectivity index (χ0v) is 12.7. The van der Waals surface area contributed by atoms with Crippen molar-refractivity contribution in [1.82, 2.24) is 15.0 Å². The van der Waals surface area contributed by atoms with E-state index < -0.39 is 12.8 Å². The van der Waals surface area contributed by atoms with Crippen molar-refractivity contribution < 1.29 is 17.9 Å². The van der Waals surface area contributed by atoms with Gasteiger partial charge in [-0.1, -0.05) is 6.08 Å². The fourth-order valence-electron chi connectivity index (χ4n) is 2.24. The lowest BCUT2D eigenvalue weighted by Crippen LogP contribution is -2.35. The van der Waals surface area contributed by atoms with Crippen LogP contribution in [0.15, 0.2) is 24.5 Å². The third-order valence-corrected chi connectivity index (χ3v) is 3.23. The van der Waals surface area contributed by atoms with Gasteiger partial charge in [0, 0.05) is 37.6 Å². The number of hydrazine groups is 1. The average molecular weight is 326 g/mol. The van der Waals surface area contributed by atoms with Crippen LogP contribution in [0.3, 0.4) is 0 Å². The highest BCUT2D eigenvalue weighted by atomic mass is 19.4. The summed E-state index contributed by atoms with van der Waals surface area (Å²) in [6.45, 7) is 2.20. The van der Waals surface area contributed by atoms with E-state index in [4.69, 9.17) is 10.00 Å². The Labute approximate surface area is 132 Å². The highest BCUT2D eigenvalue weighted by Crippen LogP contribution is 2.21. The minimum absolute atomic E-state index is 0.00745. The summed E-state index contributed by atoms with van der Waals surface area (Å²) >= 11 is 0. The smallest absolute Gasteiger partial charge is 0.422 e. The molecule has 5 nitrogen and oxygen atoms in total. The second kappa shape index (κ2) is 7.33. The maximum absolute atomic E-state index is 12.2. The molecule has 2 rings (SSSR count). The van der Waals surface area contributed by atoms with Gasteiger partial charge in [-0.2, -0.15) is 18.4 Å². The first-order valence-electron chi connectivity index (χ1n) is 7.09. The molecule has 0 fully saturated rings. The van der Waals surface area contributed by atoms with Gasteiger partial charge in [0.05, 0.1) is 12.5 Å². The van der Waals surface area contributed by atoms with Crippen LogP contribution in [0.2, 0.25) is 0 Å². The number of alkyl halides is 3. The van der Waals surface area contributed by atoms with E-state index in [9.17, 15) is 13.2 Å². The van der Waals surface area contributed by atoms with Crippen LogP contribution >= 0.6 is 0 Å². The molecule has 0 saturated carbocycles. The summed E-state index contributed by atoms with van der Waals surface area (Å²) in [4.78, 5) is 3.97. The Morgan fingerprint density at radius 2 is 2.22 bits per heavy atom. The van der Waals surface area contributed by atoms with E-state index in [2.05, 4.69) is 11.1 Å². The molecule has 0 atom stereocenters. The lowest BCUT2D eigenvalue weighted by molar-refractivity contribution is -0.154. The van der Waals surface area contributed by atoms with Gasteiger partial charge in [-0.25, -0.2) is 9.99 Å². The summed E-state index contributed by atoms with van der Waals surface area (Å²) in [7, 11) is 0. The Morgan fingerprint density at radius 3 is 2.87 bits per heavy atom. The molecular weight excluding hydrogens is 309 g/mol. The largest absolute Gasteiger partial charge is 0.468 e. The fraction of sp³-hybridized carbons (Fsp3) is 0.467. The molecule has 0 bridgehead atoms. The maximum Gasteiger partial charge on any atom is 0.422 e. The molecule has 0 spiro atoms. The summed E-state index contributed by atoms with van der Waals surface area (Å²) in [5, 5.41) is 12.6. The predicted octanol–water partition coefficient (Wildman–Crippen LogP) is 2.79. The topological polar surface area (TPSA) is 52.4 Å². The van der Waals surface area contributed by atoms with E-state index in [1.165, 1.54) is 6.20 Å². The molecule has 0 aliphatic carbocycles. The van der Waals surface area contributed by atoms with Crippen molar-refractivity contribution in [3.63, 3.8) is 0 Å². The van der Waals surface area contributed by atoms with Gasteiger partial charge in [0.1, 0.15) is 0 Å². The van der Waals surface area contributed by atoms with Crippen molar-refractivity contribution in [3.8, 4) is 11.9 Å². The number of nitrogens with zero attached hydrogens (tertiary/aromatic N) is 4. The van der Waals surface area contributed by atoms with Crippen LogP contribution < -0.4 is 4.74 Å². The van der Waals surface area contributed by atoms with Crippen LogP contribution in [0.4, 0.5) is 13.2 Å². The van der Waals surface area contributed by atoms with Crippen molar-refractivity contribution in [2.24, 2.45) is 0 Å². The third kappa shape index (κ3) is 5.14. The molecule has 0 aromatic carbocycles. The number of halogens is 3. The summed E-state index contributed by atoms with van der Waals surface area (Å²) in [5.41, 5.74) is 1.43. The first-order valence-corrected chi connectivity index (χ1v) is 7.09. The summed E-state index contributed by atoms with van der Waals surface area (Å²) in [6.07, 6.45) is 1.45. The second-order valence-corrected chi connectivity index (χ2v) is 5.17. The minimum Gasteiger partial charge on any atom is -0.468 e. The predicted molar refractivity (Wildman–Crippen MR) is 77.0 cm³/mol. The molecular formula is C15H17F3N4O. The van der Waals surface area contributed by atoms with Crippen LogP contribution in [0.1, 0.15) is 17.5 Å². The Morgan fingerprint density at radius 1 is 1.43 bits per heavy atom. The quantitative estimate of drug-likeness (QED) is 0.804. The van der Waals surface area contributed by atoms with E-state index >= 15 is 0 Å². The van der Waals surface area contributed by atoms with Gasteiger partial charge in [0.15, 0.2) is 6.61 Å². The third-order valence-electron chi connectivity index (χ3n) is 3.23. The van der Waals surface area contributed by atoms with Gasteiger partial charge in [-0.3, -0.25) is 0 Å². The van der Waals surface area contributed by atoms with Gasteiger partial charge in [0.25, 0.3) is 0 Å². The first-order chi connectivity index (χ1) is 10.9. The van der Waals surface area contributed by atoms with E-state index in [1.807, 2.05) is 22.3 Å². The zero-order chi connectivity index (χ0) is 16.9. The Balaban J connectivity index is 1.96. The van der Waals surface area contributed by atoms with E-state index in [-0.39, 0.29) is 5.88 Å². The molecule has 1 aliphatic heterocycles. The first kappa shape index (κ1) is 17.1. The molecule has 0 amide bonds. The number of hydrogen-bond acceptors (Lipinski definition) is 5. The molecule has 0 radical (unpaired) electrons. The lowest BCUT2D eigenvalue weighted by atomic mass is 10.2. The molecule has 0 N–H and O–H groups in total. The molecule has 1 aromatic rings. The van der Waals surface area contributed by atoms with Gasteiger partial charge in [-0.15, -0.1) is 0 Å². The van der Waals surface area contributed by atoms with Crippen molar-refractivity contribution in [1.29, 1.82) is 5.26 Å². The van der Waals surface area contributed by atoms with E-state index in [0.717, 1.165) is 12.1 Å². The minimum atomic E-state index is -4.38. The normalized spacial score (nSPS) is 15.0. The second-order valence-electron chi connectivity index (χ2n) is 5.17. The Bertz CT molecular complexity index is 610. The molecule has 23 heavy (non-hydrogen) atoms. The number of rotatable bonds is 6. The van der Waals surface area contributed by atoms with Crippen molar-refractivity contribution in [3.05, 3.63) is 35.7 Å². The number of nitriles is 1. The van der Waals surface area contributed by atoms with Gasteiger partial charge in [-0.05, 0) is 18.6 Å². The highest BCUT2D eigenvalue weighted by Gasteiger charge is 2.29.